The summed E-state index contributed by atoms with van der Waals surface area (Å²) in [7, 11) is 0. The van der Waals surface area contributed by atoms with Crippen LogP contribution >= 0.6 is 0 Å². The van der Waals surface area contributed by atoms with Crippen molar-refractivity contribution in [2.24, 2.45) is 0 Å². The second-order valence-electron chi connectivity index (χ2n) is 7.03. The Kier molecular flexibility index (Phi) is 3.63. The molecule has 4 rings (SSSR count). The van der Waals surface area contributed by atoms with Gasteiger partial charge in [-0.25, -0.2) is 4.79 Å². The van der Waals surface area contributed by atoms with Crippen LogP contribution in [0, 0.1) is 10.8 Å². The number of nitrogens with zero attached hydrogens (tertiary/aromatic N) is 2. The standard InChI is InChI=1S/C15H21N7O5/c1-14(25)9(27-11(24)7-3-2-4-18-7)5-21-12(16)19-8(6-23)10-15(14,21)22(26)13(17)20-10/h2-4,8-10,18,23,25-26H,5-6H2,1H3,(H2,16,19)(H2,17,20)/t8-,9-,10?,14-,15?/m0/s1. The number of carbonyl (C=O) groups is 1. The van der Waals surface area contributed by atoms with E-state index >= 15 is 0 Å². The highest BCUT2D eigenvalue weighted by Gasteiger charge is 2.76. The molecule has 0 radical (unpaired) electrons. The lowest BCUT2D eigenvalue weighted by molar-refractivity contribution is -0.228. The molecule has 8 N–H and O–H groups in total. The van der Waals surface area contributed by atoms with Crippen LogP contribution in [-0.2, 0) is 4.74 Å². The SMILES string of the molecule is C[C@]1(O)[C@@H](OC(=O)c2ccc[nH]2)CN2C(=N)N[C@@H](CO)C3NC(=N)N(O)C321. The molecule has 5 atom stereocenters. The van der Waals surface area contributed by atoms with E-state index in [4.69, 9.17) is 15.6 Å². The van der Waals surface area contributed by atoms with E-state index in [1.165, 1.54) is 17.9 Å². The number of nitrogens with one attached hydrogen (secondary N) is 5. The zero-order valence-electron chi connectivity index (χ0n) is 14.4. The predicted molar refractivity (Wildman–Crippen MR) is 90.1 cm³/mol. The maximum Gasteiger partial charge on any atom is 0.355 e. The van der Waals surface area contributed by atoms with E-state index in [2.05, 4.69) is 15.6 Å². The van der Waals surface area contributed by atoms with Crippen molar-refractivity contribution in [2.45, 2.75) is 36.4 Å². The fraction of sp³-hybridized carbons (Fsp3) is 0.533. The molecule has 12 nitrogen and oxygen atoms in total. The Labute approximate surface area is 153 Å². The normalized spacial score (nSPS) is 37.6. The van der Waals surface area contributed by atoms with Crippen molar-refractivity contribution in [3.63, 3.8) is 0 Å². The summed E-state index contributed by atoms with van der Waals surface area (Å²) in [5.41, 5.74) is -3.39. The summed E-state index contributed by atoms with van der Waals surface area (Å²) in [6, 6.07) is 1.55. The van der Waals surface area contributed by atoms with Gasteiger partial charge in [0.2, 0.25) is 5.96 Å². The molecule has 0 saturated carbocycles. The van der Waals surface area contributed by atoms with E-state index in [1.54, 1.807) is 12.3 Å². The average Bonchev–Trinajstić information content (AvgIpc) is 3.29. The monoisotopic (exact) mass is 379 g/mol. The van der Waals surface area contributed by atoms with Gasteiger partial charge in [-0.15, -0.1) is 0 Å². The molecule has 0 bridgehead atoms. The van der Waals surface area contributed by atoms with E-state index in [9.17, 15) is 20.2 Å². The Bertz CT molecular complexity index is 796. The Balaban J connectivity index is 1.75. The number of hydrogen-bond donors (Lipinski definition) is 8. The molecular weight excluding hydrogens is 358 g/mol. The van der Waals surface area contributed by atoms with Crippen molar-refractivity contribution in [3.05, 3.63) is 24.0 Å². The van der Waals surface area contributed by atoms with Crippen LogP contribution in [0.15, 0.2) is 18.3 Å². The Hall–Kier alpha value is -2.83. The third kappa shape index (κ3) is 2.05. The van der Waals surface area contributed by atoms with E-state index in [1.807, 2.05) is 0 Å². The number of ether oxygens (including phenoxy) is 1. The van der Waals surface area contributed by atoms with Gasteiger partial charge in [0.1, 0.15) is 11.3 Å². The van der Waals surface area contributed by atoms with Crippen LogP contribution < -0.4 is 10.6 Å². The number of esters is 1. The molecule has 3 aliphatic heterocycles. The molecule has 1 aromatic heterocycles. The van der Waals surface area contributed by atoms with Crippen LogP contribution in [-0.4, -0.2) is 90.9 Å². The van der Waals surface area contributed by atoms with Crippen molar-refractivity contribution in [1.29, 1.82) is 10.8 Å². The number of aliphatic hydroxyl groups excluding tert-OH is 1. The molecule has 12 heteroatoms. The van der Waals surface area contributed by atoms with Gasteiger partial charge in [-0.2, -0.15) is 5.06 Å². The highest BCUT2D eigenvalue weighted by atomic mass is 16.6. The zero-order valence-corrected chi connectivity index (χ0v) is 14.4. The van der Waals surface area contributed by atoms with Gasteiger partial charge in [0.25, 0.3) is 0 Å². The fourth-order valence-electron chi connectivity index (χ4n) is 4.35. The van der Waals surface area contributed by atoms with Gasteiger partial charge in [0, 0.05) is 6.20 Å². The van der Waals surface area contributed by atoms with Crippen LogP contribution in [0.3, 0.4) is 0 Å². The number of H-pyrrole nitrogens is 1. The van der Waals surface area contributed by atoms with Gasteiger partial charge in [0.15, 0.2) is 17.7 Å². The van der Waals surface area contributed by atoms with E-state index < -0.39 is 48.0 Å². The highest BCUT2D eigenvalue weighted by molar-refractivity contribution is 5.89. The van der Waals surface area contributed by atoms with E-state index in [-0.39, 0.29) is 18.2 Å². The number of aromatic amines is 1. The molecule has 146 valence electrons. The molecule has 27 heavy (non-hydrogen) atoms. The number of aromatic nitrogens is 1. The Morgan fingerprint density at radius 2 is 2.15 bits per heavy atom. The van der Waals surface area contributed by atoms with Gasteiger partial charge in [-0.1, -0.05) is 0 Å². The topological polar surface area (TPSA) is 181 Å². The molecule has 1 aromatic rings. The van der Waals surface area contributed by atoms with Crippen molar-refractivity contribution in [2.75, 3.05) is 13.2 Å². The molecular formula is C15H21N7O5. The lowest BCUT2D eigenvalue weighted by atomic mass is 9.79. The molecule has 2 unspecified atom stereocenters. The molecule has 0 amide bonds. The summed E-state index contributed by atoms with van der Waals surface area (Å²) >= 11 is 0. The Morgan fingerprint density at radius 3 is 2.78 bits per heavy atom. The quantitative estimate of drug-likeness (QED) is 0.270. The summed E-state index contributed by atoms with van der Waals surface area (Å²) in [6.45, 7) is 0.884. The number of hydrogen-bond acceptors (Lipinski definition) is 7. The first kappa shape index (κ1) is 17.6. The first-order valence-electron chi connectivity index (χ1n) is 8.39. The molecule has 3 aliphatic rings. The van der Waals surface area contributed by atoms with Crippen molar-refractivity contribution in [1.82, 2.24) is 25.6 Å². The maximum atomic E-state index is 12.4. The van der Waals surface area contributed by atoms with Gasteiger partial charge in [0.05, 0.1) is 25.2 Å². The minimum Gasteiger partial charge on any atom is -0.453 e. The third-order valence-corrected chi connectivity index (χ3v) is 5.65. The summed E-state index contributed by atoms with van der Waals surface area (Å²) in [4.78, 5) is 16.4. The Morgan fingerprint density at radius 1 is 1.41 bits per heavy atom. The van der Waals surface area contributed by atoms with Crippen molar-refractivity contribution < 1.29 is 25.0 Å². The molecule has 3 saturated heterocycles. The minimum absolute atomic E-state index is 0.0913. The summed E-state index contributed by atoms with van der Waals surface area (Å²) in [5.74, 6) is -1.25. The summed E-state index contributed by atoms with van der Waals surface area (Å²) < 4.78 is 5.48. The molecule has 0 aliphatic carbocycles. The number of rotatable bonds is 3. The number of aliphatic hydroxyl groups is 2. The van der Waals surface area contributed by atoms with Gasteiger partial charge in [-0.3, -0.25) is 16.0 Å². The largest absolute Gasteiger partial charge is 0.453 e. The lowest BCUT2D eigenvalue weighted by Gasteiger charge is -2.53. The van der Waals surface area contributed by atoms with Gasteiger partial charge < -0.3 is 35.5 Å². The fourth-order valence-corrected chi connectivity index (χ4v) is 4.35. The van der Waals surface area contributed by atoms with E-state index in [0.29, 0.717) is 5.06 Å². The van der Waals surface area contributed by atoms with Crippen molar-refractivity contribution in [3.8, 4) is 0 Å². The van der Waals surface area contributed by atoms with Crippen LogP contribution in [0.4, 0.5) is 0 Å². The summed E-state index contributed by atoms with van der Waals surface area (Å²) in [5, 5.41) is 54.0. The van der Waals surface area contributed by atoms with Crippen LogP contribution in [0.2, 0.25) is 0 Å². The predicted octanol–water partition coefficient (Wildman–Crippen LogP) is -2.20. The highest BCUT2D eigenvalue weighted by Crippen LogP contribution is 2.49. The number of carbonyl (C=O) groups excluding carboxylic acids is 1. The maximum absolute atomic E-state index is 12.4. The van der Waals surface area contributed by atoms with Crippen molar-refractivity contribution >= 4 is 17.9 Å². The van der Waals surface area contributed by atoms with Crippen LogP contribution in [0.1, 0.15) is 17.4 Å². The lowest BCUT2D eigenvalue weighted by Crippen LogP contribution is -2.80. The number of hydroxylamine groups is 2. The molecule has 1 spiro atoms. The zero-order chi connectivity index (χ0) is 19.6. The number of guanidine groups is 2. The van der Waals surface area contributed by atoms with Crippen LogP contribution in [0.5, 0.6) is 0 Å². The summed E-state index contributed by atoms with van der Waals surface area (Å²) in [6.07, 6.45) is 0.447. The molecule has 3 fully saturated rings. The van der Waals surface area contributed by atoms with Crippen LogP contribution in [0.25, 0.3) is 0 Å². The smallest absolute Gasteiger partial charge is 0.355 e. The van der Waals surface area contributed by atoms with Gasteiger partial charge >= 0.3 is 5.97 Å². The first-order valence-corrected chi connectivity index (χ1v) is 8.39. The second kappa shape index (κ2) is 5.58. The van der Waals surface area contributed by atoms with E-state index in [0.717, 1.165) is 0 Å². The molecule has 4 heterocycles. The first-order chi connectivity index (χ1) is 12.7. The average molecular weight is 379 g/mol. The van der Waals surface area contributed by atoms with Gasteiger partial charge in [-0.05, 0) is 19.1 Å². The minimum atomic E-state index is -1.88. The molecule has 0 aromatic carbocycles. The third-order valence-electron chi connectivity index (χ3n) is 5.65. The second-order valence-corrected chi connectivity index (χ2v) is 7.03.